The van der Waals surface area contributed by atoms with Crippen LogP contribution < -0.4 is 23.6 Å². The fourth-order valence-corrected chi connectivity index (χ4v) is 15.9. The van der Waals surface area contributed by atoms with Crippen LogP contribution >= 0.6 is 0 Å². The van der Waals surface area contributed by atoms with Crippen LogP contribution in [0.15, 0.2) is 30.4 Å². The number of benzene rings is 1. The Morgan fingerprint density at radius 2 is 1.63 bits per heavy atom. The van der Waals surface area contributed by atoms with Gasteiger partial charge in [0.1, 0.15) is 12.5 Å². The van der Waals surface area contributed by atoms with Crippen molar-refractivity contribution in [3.63, 3.8) is 0 Å². The second kappa shape index (κ2) is 16.1. The normalized spacial score (nSPS) is 29.1. The minimum Gasteiger partial charge on any atom is -0.668 e. The molecule has 0 heterocycles. The maximum absolute atomic E-state index is 9.23. The molecule has 6 atom stereocenters. The quantitative estimate of drug-likeness (QED) is 0.220. The van der Waals surface area contributed by atoms with E-state index in [4.69, 9.17) is 23.6 Å². The number of hydrogen-bond donors (Lipinski definition) is 1. The predicted molar refractivity (Wildman–Crippen MR) is 170 cm³/mol. The molecule has 41 heavy (non-hydrogen) atoms. The van der Waals surface area contributed by atoms with Crippen LogP contribution in [0.2, 0.25) is 39.3 Å². The predicted octanol–water partition coefficient (Wildman–Crippen LogP) is 5.03. The molecule has 1 N–H and O–H groups in total. The van der Waals surface area contributed by atoms with Crippen molar-refractivity contribution in [3.8, 4) is 5.75 Å². The van der Waals surface area contributed by atoms with Crippen molar-refractivity contribution < 1.29 is 42.9 Å². The first kappa shape index (κ1) is 36.8. The van der Waals surface area contributed by atoms with Crippen LogP contribution in [0, 0.1) is 17.3 Å². The van der Waals surface area contributed by atoms with E-state index in [2.05, 4.69) is 70.5 Å². The zero-order valence-electron chi connectivity index (χ0n) is 27.7. The molecule has 0 unspecified atom stereocenters. The van der Waals surface area contributed by atoms with Gasteiger partial charge in [-0.15, -0.1) is 0 Å². The molecule has 2 fully saturated rings. The summed E-state index contributed by atoms with van der Waals surface area (Å²) in [7, 11) is 1.14. The van der Waals surface area contributed by atoms with Gasteiger partial charge in [-0.2, -0.15) is 0 Å². The average Bonchev–Trinajstić information content (AvgIpc) is 3.20. The van der Waals surface area contributed by atoms with Gasteiger partial charge in [-0.3, -0.25) is 0 Å². The van der Waals surface area contributed by atoms with Crippen molar-refractivity contribution in [3.05, 3.63) is 46.1 Å². The summed E-state index contributed by atoms with van der Waals surface area (Å²) in [5.41, 5.74) is 3.17. The van der Waals surface area contributed by atoms with Gasteiger partial charge in [0.05, 0.1) is 12.7 Å². The van der Waals surface area contributed by atoms with Gasteiger partial charge in [-0.25, -0.2) is 0 Å². The first-order valence-corrected chi connectivity index (χ1v) is 22.1. The molecule has 3 aliphatic rings. The third kappa shape index (κ3) is 10.1. The summed E-state index contributed by atoms with van der Waals surface area (Å²) in [6.45, 7) is 17.0. The zero-order valence-corrected chi connectivity index (χ0v) is 29.7. The van der Waals surface area contributed by atoms with Gasteiger partial charge < -0.3 is 28.7 Å². The summed E-state index contributed by atoms with van der Waals surface area (Å²) in [5, 5.41) is 9.23. The van der Waals surface area contributed by atoms with Crippen LogP contribution in [0.25, 0.3) is 4.65 Å². The van der Waals surface area contributed by atoms with Crippen molar-refractivity contribution in [2.45, 2.75) is 103 Å². The van der Waals surface area contributed by atoms with Gasteiger partial charge in [0.15, 0.2) is 6.79 Å². The Kier molecular flexibility index (Phi) is 14.4. The summed E-state index contributed by atoms with van der Waals surface area (Å²) in [6, 6.07) is 6.64. The molecule has 0 aliphatic heterocycles. The molecule has 0 aromatic heterocycles. The molecule has 1 aromatic carbocycles. The van der Waals surface area contributed by atoms with E-state index < -0.39 is 16.5 Å². The van der Waals surface area contributed by atoms with Crippen LogP contribution in [0.3, 0.4) is 0 Å². The molecule has 4 rings (SSSR count). The Balaban J connectivity index is 0.000000511. The summed E-state index contributed by atoms with van der Waals surface area (Å²) in [5.74, 6) is 3.32. The largest absolute Gasteiger partial charge is 1.00 e. The molecule has 0 saturated heterocycles. The molecule has 0 radical (unpaired) electrons. The van der Waals surface area contributed by atoms with E-state index >= 15 is 0 Å². The molecule has 228 valence electrons. The van der Waals surface area contributed by atoms with Crippen molar-refractivity contribution >= 4 is 16.5 Å². The topological polar surface area (TPSA) is 71.2 Å². The number of allylic oxidation sites excluding steroid dienone is 1. The number of fused-ring (bicyclic) bond motifs is 5. The van der Waals surface area contributed by atoms with Gasteiger partial charge in [0.25, 0.3) is 0 Å². The third-order valence-electron chi connectivity index (χ3n) is 8.90. The maximum Gasteiger partial charge on any atom is 1.00 e. The fourth-order valence-electron chi connectivity index (χ4n) is 7.86. The molecule has 0 spiro atoms. The Labute approximate surface area is 264 Å². The second-order valence-corrected chi connectivity index (χ2v) is 23.8. The van der Waals surface area contributed by atoms with E-state index in [9.17, 15) is 5.11 Å². The number of aliphatic hydroxyl groups is 1. The van der Waals surface area contributed by atoms with E-state index in [1.807, 2.05) is 6.08 Å². The summed E-state index contributed by atoms with van der Waals surface area (Å²) >= 11 is 0. The summed E-state index contributed by atoms with van der Waals surface area (Å²) in [6.07, 6.45) is 11.3. The Bertz CT molecular complexity index is 954. The molecule has 3 aliphatic carbocycles. The third-order valence-corrected chi connectivity index (χ3v) is 14.3. The number of aliphatic hydroxyl groups excluding tert-OH is 1. The van der Waals surface area contributed by atoms with Crippen molar-refractivity contribution in [1.82, 2.24) is 0 Å². The SMILES string of the molecule is COCOc1ccc2c(c1)[C@H](CC=CCO)C[C@@H]1[C@@H]2CC[C@]2(C)[C@@H](OCOC)CC[C@@H]12.C[Si](C)(C)[N-][Si](C)(C)C.[Li+]. The van der Waals surface area contributed by atoms with E-state index in [1.54, 1.807) is 14.2 Å². The van der Waals surface area contributed by atoms with E-state index in [0.717, 1.165) is 18.6 Å². The average molecular weight is 598 g/mol. The minimum absolute atomic E-state index is 0. The van der Waals surface area contributed by atoms with Crippen LogP contribution in [-0.2, 0) is 14.2 Å². The number of hydrogen-bond acceptors (Lipinski definition) is 5. The fraction of sp³-hybridized carbons (Fsp3) is 0.750. The number of nitrogens with zero attached hydrogens (tertiary/aromatic N) is 1. The molecular weight excluding hydrogens is 541 g/mol. The molecule has 0 bridgehead atoms. The van der Waals surface area contributed by atoms with Crippen molar-refractivity contribution in [2.75, 3.05) is 34.4 Å². The van der Waals surface area contributed by atoms with Gasteiger partial charge >= 0.3 is 18.9 Å². The Morgan fingerprint density at radius 1 is 0.951 bits per heavy atom. The Hall–Kier alpha value is -0.409. The van der Waals surface area contributed by atoms with Crippen molar-refractivity contribution in [2.24, 2.45) is 17.3 Å². The number of rotatable bonds is 11. The molecule has 0 amide bonds. The zero-order chi connectivity index (χ0) is 29.6. The van der Waals surface area contributed by atoms with Gasteiger partial charge in [0, 0.05) is 14.2 Å². The van der Waals surface area contributed by atoms with Gasteiger partial charge in [0.2, 0.25) is 0 Å². The molecular formula is C32H56LiNO5Si2. The van der Waals surface area contributed by atoms with Crippen LogP contribution in [0.5, 0.6) is 5.75 Å². The van der Waals surface area contributed by atoms with Crippen LogP contribution in [-0.4, -0.2) is 62.1 Å². The van der Waals surface area contributed by atoms with Gasteiger partial charge in [-0.05, 0) is 90.9 Å². The van der Waals surface area contributed by atoms with Crippen LogP contribution in [0.4, 0.5) is 0 Å². The Morgan fingerprint density at radius 3 is 2.22 bits per heavy atom. The van der Waals surface area contributed by atoms with E-state index in [1.165, 1.54) is 36.8 Å². The summed E-state index contributed by atoms with van der Waals surface area (Å²) in [4.78, 5) is 0. The van der Waals surface area contributed by atoms with Crippen molar-refractivity contribution in [1.29, 1.82) is 0 Å². The molecule has 1 aromatic rings. The summed E-state index contributed by atoms with van der Waals surface area (Å²) < 4.78 is 27.0. The monoisotopic (exact) mass is 597 g/mol. The molecule has 2 saturated carbocycles. The van der Waals surface area contributed by atoms with Crippen LogP contribution in [0.1, 0.15) is 68.4 Å². The smallest absolute Gasteiger partial charge is 0.668 e. The number of methoxy groups -OCH3 is 2. The molecule has 6 nitrogen and oxygen atoms in total. The minimum atomic E-state index is -1.11. The second-order valence-electron chi connectivity index (χ2n) is 14.2. The molecule has 9 heteroatoms. The van der Waals surface area contributed by atoms with E-state index in [0.29, 0.717) is 36.6 Å². The first-order chi connectivity index (χ1) is 18.8. The standard InChI is InChI=1S/C26H38O5.C6H18NSi2.Li/c1-26-12-11-21-20-8-7-19(30-16-28-2)15-22(20)18(6-4-5-13-27)14-23(21)24(26)9-10-25(26)31-17-29-3;1-8(2,3)7-9(4,5)6;/h4-5,7-8,15,18,21,23-25,27H,6,9-14,16-17H2,1-3H3;1-6H3;/q;-1;+1/t18-,21-,23-,24+,25+,26+;;/m1../s1. The number of ether oxygens (including phenoxy) is 4. The van der Waals surface area contributed by atoms with Gasteiger partial charge in [-0.1, -0.05) is 80.9 Å². The van der Waals surface area contributed by atoms with E-state index in [-0.39, 0.29) is 37.7 Å². The maximum atomic E-state index is 9.23. The first-order valence-electron chi connectivity index (χ1n) is 15.2.